The van der Waals surface area contributed by atoms with E-state index < -0.39 is 21.8 Å². The molecule has 0 spiro atoms. The van der Waals surface area contributed by atoms with Gasteiger partial charge in [0.05, 0.1) is 5.75 Å². The highest BCUT2D eigenvalue weighted by molar-refractivity contribution is 7.90. The number of carboxylic acid groups (broad SMARTS) is 1. The molecule has 0 unspecified atom stereocenters. The Hall–Kier alpha value is -0.270. The molecule has 3 N–H and O–H groups in total. The van der Waals surface area contributed by atoms with Crippen molar-refractivity contribution in [2.45, 2.75) is 12.5 Å². The van der Waals surface area contributed by atoms with Gasteiger partial charge in [-0.25, -0.2) is 8.42 Å². The van der Waals surface area contributed by atoms with Crippen molar-refractivity contribution in [3.63, 3.8) is 0 Å². The molecule has 0 aromatic rings. The number of sulfone groups is 1. The maximum atomic E-state index is 10.5. The fourth-order valence-electron chi connectivity index (χ4n) is 0.465. The number of rotatable bonds is 4. The Balaban J connectivity index is 0. The summed E-state index contributed by atoms with van der Waals surface area (Å²) >= 11 is 0. The van der Waals surface area contributed by atoms with Gasteiger partial charge in [0.1, 0.15) is 15.9 Å². The number of nitrogens with two attached hydrogens (primary N) is 1. The Morgan fingerprint density at radius 1 is 1.58 bits per heavy atom. The summed E-state index contributed by atoms with van der Waals surface area (Å²) in [5, 5.41) is 8.26. The SMILES string of the molecule is CS(=O)(=O)CC[C@H](N)C(=O)O.S. The molecule has 7 heteroatoms. The quantitative estimate of drug-likeness (QED) is 0.623. The van der Waals surface area contributed by atoms with Crippen molar-refractivity contribution in [2.24, 2.45) is 5.73 Å². The topological polar surface area (TPSA) is 97.5 Å². The zero-order valence-electron chi connectivity index (χ0n) is 6.65. The molecule has 0 aromatic heterocycles. The first kappa shape index (κ1) is 14.3. The van der Waals surface area contributed by atoms with Gasteiger partial charge in [-0.3, -0.25) is 4.79 Å². The molecule has 0 saturated carbocycles. The molecule has 0 aromatic carbocycles. The highest BCUT2D eigenvalue weighted by Gasteiger charge is 2.13. The predicted octanol–water partition coefficient (Wildman–Crippen LogP) is -1.05. The summed E-state index contributed by atoms with van der Waals surface area (Å²) in [6, 6.07) is -1.08. The van der Waals surface area contributed by atoms with E-state index in [2.05, 4.69) is 0 Å². The molecule has 12 heavy (non-hydrogen) atoms. The lowest BCUT2D eigenvalue weighted by Crippen LogP contribution is -2.32. The van der Waals surface area contributed by atoms with Crippen LogP contribution in [0.15, 0.2) is 0 Å². The molecular formula is C5H13NO4S2. The molecule has 0 amide bonds. The molecule has 0 bridgehead atoms. The van der Waals surface area contributed by atoms with Gasteiger partial charge in [-0.2, -0.15) is 13.5 Å². The minimum absolute atomic E-state index is 0. The normalized spacial score (nSPS) is 13.2. The standard InChI is InChI=1S/C5H11NO4S.H2S/c1-11(9,10)3-2-4(6)5(7)8;/h4H,2-3,6H2,1H3,(H,7,8);1H2/t4-;/m0./s1. The molecule has 0 saturated heterocycles. The first-order valence-corrected chi connectivity index (χ1v) is 5.05. The molecule has 1 atom stereocenters. The molecule has 0 heterocycles. The van der Waals surface area contributed by atoms with Crippen LogP contribution >= 0.6 is 13.5 Å². The van der Waals surface area contributed by atoms with E-state index in [0.29, 0.717) is 0 Å². The molecule has 0 aliphatic carbocycles. The van der Waals surface area contributed by atoms with Crippen LogP contribution < -0.4 is 5.73 Å². The number of hydrogen-bond acceptors (Lipinski definition) is 4. The predicted molar refractivity (Wildman–Crippen MR) is 50.3 cm³/mol. The van der Waals surface area contributed by atoms with Gasteiger partial charge in [-0.05, 0) is 6.42 Å². The molecular weight excluding hydrogens is 202 g/mol. The number of carboxylic acids is 1. The van der Waals surface area contributed by atoms with Crippen LogP contribution in [0.5, 0.6) is 0 Å². The second-order valence-corrected chi connectivity index (χ2v) is 4.62. The van der Waals surface area contributed by atoms with Crippen LogP contribution in [0.25, 0.3) is 0 Å². The molecule has 74 valence electrons. The van der Waals surface area contributed by atoms with E-state index in [0.717, 1.165) is 6.26 Å². The minimum atomic E-state index is -3.10. The summed E-state index contributed by atoms with van der Waals surface area (Å²) in [6.45, 7) is 0. The Morgan fingerprint density at radius 2 is 2.00 bits per heavy atom. The van der Waals surface area contributed by atoms with Gasteiger partial charge < -0.3 is 10.8 Å². The van der Waals surface area contributed by atoms with E-state index in [4.69, 9.17) is 10.8 Å². The van der Waals surface area contributed by atoms with Gasteiger partial charge in [0.2, 0.25) is 0 Å². The minimum Gasteiger partial charge on any atom is -0.480 e. The van der Waals surface area contributed by atoms with E-state index in [1.807, 2.05) is 0 Å². The van der Waals surface area contributed by atoms with Crippen molar-refractivity contribution in [3.8, 4) is 0 Å². The van der Waals surface area contributed by atoms with Crippen LogP contribution in [0, 0.1) is 0 Å². The lowest BCUT2D eigenvalue weighted by atomic mass is 10.2. The second-order valence-electron chi connectivity index (χ2n) is 2.36. The Bertz CT molecular complexity index is 236. The largest absolute Gasteiger partial charge is 0.480 e. The molecule has 0 fully saturated rings. The van der Waals surface area contributed by atoms with E-state index in [1.54, 1.807) is 0 Å². The highest BCUT2D eigenvalue weighted by Crippen LogP contribution is 1.93. The van der Waals surface area contributed by atoms with Gasteiger partial charge in [0.15, 0.2) is 0 Å². The van der Waals surface area contributed by atoms with Crippen molar-refractivity contribution in [2.75, 3.05) is 12.0 Å². The van der Waals surface area contributed by atoms with Crippen LogP contribution in [-0.2, 0) is 14.6 Å². The summed E-state index contributed by atoms with van der Waals surface area (Å²) in [5.41, 5.74) is 5.06. The Kier molecular flexibility index (Phi) is 6.41. The third-order valence-electron chi connectivity index (χ3n) is 1.12. The van der Waals surface area contributed by atoms with Crippen LogP contribution in [-0.4, -0.2) is 37.5 Å². The second kappa shape index (κ2) is 5.39. The average molecular weight is 215 g/mol. The van der Waals surface area contributed by atoms with Crippen molar-refractivity contribution >= 4 is 29.3 Å². The van der Waals surface area contributed by atoms with Crippen LogP contribution in [0.3, 0.4) is 0 Å². The number of hydrogen-bond donors (Lipinski definition) is 2. The molecule has 0 radical (unpaired) electrons. The first-order chi connectivity index (χ1) is 4.83. The lowest BCUT2D eigenvalue weighted by molar-refractivity contribution is -0.138. The van der Waals surface area contributed by atoms with Crippen LogP contribution in [0.2, 0.25) is 0 Å². The Morgan fingerprint density at radius 3 is 2.25 bits per heavy atom. The van der Waals surface area contributed by atoms with Crippen molar-refractivity contribution in [1.29, 1.82) is 0 Å². The van der Waals surface area contributed by atoms with Crippen molar-refractivity contribution in [3.05, 3.63) is 0 Å². The first-order valence-electron chi connectivity index (χ1n) is 2.99. The highest BCUT2D eigenvalue weighted by atomic mass is 32.2. The van der Waals surface area contributed by atoms with Gasteiger partial charge in [0.25, 0.3) is 0 Å². The third kappa shape index (κ3) is 7.83. The smallest absolute Gasteiger partial charge is 0.320 e. The van der Waals surface area contributed by atoms with Crippen molar-refractivity contribution < 1.29 is 18.3 Å². The molecule has 0 aliphatic heterocycles. The van der Waals surface area contributed by atoms with E-state index in [9.17, 15) is 13.2 Å². The number of aliphatic carboxylic acids is 1. The van der Waals surface area contributed by atoms with Crippen LogP contribution in [0.4, 0.5) is 0 Å². The van der Waals surface area contributed by atoms with Gasteiger partial charge >= 0.3 is 5.97 Å². The van der Waals surface area contributed by atoms with Gasteiger partial charge in [-0.15, -0.1) is 0 Å². The lowest BCUT2D eigenvalue weighted by Gasteiger charge is -2.03. The zero-order valence-corrected chi connectivity index (χ0v) is 8.47. The zero-order chi connectivity index (χ0) is 9.07. The fraction of sp³-hybridized carbons (Fsp3) is 0.800. The summed E-state index contributed by atoms with van der Waals surface area (Å²) in [5.74, 6) is -1.35. The molecule has 0 rings (SSSR count). The third-order valence-corrected chi connectivity index (χ3v) is 2.09. The van der Waals surface area contributed by atoms with Gasteiger partial charge in [0, 0.05) is 6.26 Å². The maximum Gasteiger partial charge on any atom is 0.320 e. The Labute approximate surface area is 78.3 Å². The van der Waals surface area contributed by atoms with E-state index in [-0.39, 0.29) is 25.7 Å². The summed E-state index contributed by atoms with van der Waals surface area (Å²) in [7, 11) is -3.10. The van der Waals surface area contributed by atoms with Crippen molar-refractivity contribution in [1.82, 2.24) is 0 Å². The maximum absolute atomic E-state index is 10.5. The van der Waals surface area contributed by atoms with E-state index >= 15 is 0 Å². The summed E-state index contributed by atoms with van der Waals surface area (Å²) < 4.78 is 21.0. The molecule has 0 aliphatic rings. The van der Waals surface area contributed by atoms with Gasteiger partial charge in [-0.1, -0.05) is 0 Å². The molecule has 5 nitrogen and oxygen atoms in total. The van der Waals surface area contributed by atoms with E-state index in [1.165, 1.54) is 0 Å². The monoisotopic (exact) mass is 215 g/mol. The fourth-order valence-corrected chi connectivity index (χ4v) is 1.15. The summed E-state index contributed by atoms with van der Waals surface area (Å²) in [4.78, 5) is 10.1. The average Bonchev–Trinajstić information content (AvgIpc) is 1.80. The summed E-state index contributed by atoms with van der Waals surface area (Å²) in [6.07, 6.45) is 1.01. The van der Waals surface area contributed by atoms with Crippen LogP contribution in [0.1, 0.15) is 6.42 Å². The number of carbonyl (C=O) groups is 1.